The minimum Gasteiger partial charge on any atom is -0.466 e. The summed E-state index contributed by atoms with van der Waals surface area (Å²) in [6, 6.07) is 7.64. The van der Waals surface area contributed by atoms with Gasteiger partial charge in [0.1, 0.15) is 0 Å². The second-order valence-corrected chi connectivity index (χ2v) is 5.39. The summed E-state index contributed by atoms with van der Waals surface area (Å²) in [7, 11) is 0. The van der Waals surface area contributed by atoms with Crippen molar-refractivity contribution in [3.63, 3.8) is 0 Å². The summed E-state index contributed by atoms with van der Waals surface area (Å²) in [5, 5.41) is 0. The molecule has 19 heavy (non-hydrogen) atoms. The Kier molecular flexibility index (Phi) is 4.80. The van der Waals surface area contributed by atoms with Gasteiger partial charge in [0.25, 0.3) is 0 Å². The largest absolute Gasteiger partial charge is 0.466 e. The van der Waals surface area contributed by atoms with Crippen LogP contribution in [0.25, 0.3) is 6.08 Å². The third-order valence-electron chi connectivity index (χ3n) is 2.79. The fraction of sp³-hybridized carbons (Fsp3) is 0.333. The molecule has 100 valence electrons. The summed E-state index contributed by atoms with van der Waals surface area (Å²) in [5.41, 5.74) is 1.91. The highest BCUT2D eigenvalue weighted by Gasteiger charge is 2.17. The predicted molar refractivity (Wildman–Crippen MR) is 76.8 cm³/mol. The lowest BCUT2D eigenvalue weighted by Crippen LogP contribution is -2.07. The van der Waals surface area contributed by atoms with E-state index < -0.39 is 0 Å². The van der Waals surface area contributed by atoms with Crippen LogP contribution in [0.1, 0.15) is 24.5 Å². The molecule has 1 aliphatic rings. The molecule has 1 aromatic rings. The van der Waals surface area contributed by atoms with Crippen LogP contribution in [0.5, 0.6) is 0 Å². The SMILES string of the molecule is CCOC(=O)Cc1ccc(/C=C2\SCCC2=O)cc1. The van der Waals surface area contributed by atoms with Gasteiger partial charge in [0, 0.05) is 12.2 Å². The third-order valence-corrected chi connectivity index (χ3v) is 3.86. The molecule has 0 N–H and O–H groups in total. The molecule has 3 nitrogen and oxygen atoms in total. The van der Waals surface area contributed by atoms with Crippen molar-refractivity contribution in [2.45, 2.75) is 19.8 Å². The van der Waals surface area contributed by atoms with Crippen molar-refractivity contribution < 1.29 is 14.3 Å². The molecule has 0 aromatic heterocycles. The maximum absolute atomic E-state index is 11.5. The van der Waals surface area contributed by atoms with Crippen LogP contribution in [0.15, 0.2) is 29.2 Å². The number of benzene rings is 1. The fourth-order valence-corrected chi connectivity index (χ4v) is 2.83. The van der Waals surface area contributed by atoms with Crippen molar-refractivity contribution in [1.29, 1.82) is 0 Å². The summed E-state index contributed by atoms with van der Waals surface area (Å²) in [6.07, 6.45) is 2.84. The van der Waals surface area contributed by atoms with E-state index in [4.69, 9.17) is 4.74 Å². The van der Waals surface area contributed by atoms with Gasteiger partial charge in [-0.15, -0.1) is 11.8 Å². The molecule has 0 amide bonds. The normalized spacial score (nSPS) is 16.9. The van der Waals surface area contributed by atoms with Crippen LogP contribution in [-0.2, 0) is 20.7 Å². The number of hydrogen-bond donors (Lipinski definition) is 0. The molecule has 0 atom stereocenters. The van der Waals surface area contributed by atoms with E-state index in [2.05, 4.69) is 0 Å². The molecule has 2 rings (SSSR count). The number of esters is 1. The van der Waals surface area contributed by atoms with Gasteiger partial charge in [0.15, 0.2) is 5.78 Å². The molecule has 0 spiro atoms. The van der Waals surface area contributed by atoms with Gasteiger partial charge in [-0.1, -0.05) is 24.3 Å². The monoisotopic (exact) mass is 276 g/mol. The first-order chi connectivity index (χ1) is 9.19. The molecule has 1 heterocycles. The molecule has 0 aliphatic carbocycles. The van der Waals surface area contributed by atoms with E-state index in [9.17, 15) is 9.59 Å². The van der Waals surface area contributed by atoms with E-state index in [1.807, 2.05) is 30.3 Å². The summed E-state index contributed by atoms with van der Waals surface area (Å²) in [4.78, 5) is 23.7. The van der Waals surface area contributed by atoms with Gasteiger partial charge in [-0.2, -0.15) is 0 Å². The van der Waals surface area contributed by atoms with Crippen LogP contribution in [0.2, 0.25) is 0 Å². The molecule has 1 saturated heterocycles. The number of thioether (sulfide) groups is 1. The quantitative estimate of drug-likeness (QED) is 0.626. The lowest BCUT2D eigenvalue weighted by Gasteiger charge is -2.02. The molecular formula is C15H16O3S. The van der Waals surface area contributed by atoms with Gasteiger partial charge >= 0.3 is 5.97 Å². The van der Waals surface area contributed by atoms with Crippen LogP contribution < -0.4 is 0 Å². The van der Waals surface area contributed by atoms with Gasteiger partial charge in [-0.3, -0.25) is 9.59 Å². The molecule has 1 aliphatic heterocycles. The van der Waals surface area contributed by atoms with Gasteiger partial charge in [-0.05, 0) is 24.1 Å². The van der Waals surface area contributed by atoms with Gasteiger partial charge in [0.2, 0.25) is 0 Å². The van der Waals surface area contributed by atoms with Crippen LogP contribution in [0.3, 0.4) is 0 Å². The highest BCUT2D eigenvalue weighted by Crippen LogP contribution is 2.29. The number of carbonyl (C=O) groups is 2. The van der Waals surface area contributed by atoms with Crippen molar-refractivity contribution in [3.8, 4) is 0 Å². The van der Waals surface area contributed by atoms with E-state index >= 15 is 0 Å². The average Bonchev–Trinajstić information content (AvgIpc) is 2.78. The van der Waals surface area contributed by atoms with Crippen LogP contribution in [0, 0.1) is 0 Å². The Labute approximate surface area is 117 Å². The van der Waals surface area contributed by atoms with Gasteiger partial charge in [-0.25, -0.2) is 0 Å². The van der Waals surface area contributed by atoms with E-state index in [-0.39, 0.29) is 11.8 Å². The first-order valence-electron chi connectivity index (χ1n) is 6.31. The lowest BCUT2D eigenvalue weighted by molar-refractivity contribution is -0.142. The zero-order valence-corrected chi connectivity index (χ0v) is 11.7. The number of ketones is 1. The number of carbonyl (C=O) groups excluding carboxylic acids is 2. The van der Waals surface area contributed by atoms with E-state index in [1.165, 1.54) is 0 Å². The molecule has 4 heteroatoms. The van der Waals surface area contributed by atoms with E-state index in [0.717, 1.165) is 21.8 Å². The summed E-state index contributed by atoms with van der Waals surface area (Å²) < 4.78 is 4.90. The van der Waals surface area contributed by atoms with Crippen molar-refractivity contribution >= 4 is 29.6 Å². The fourth-order valence-electron chi connectivity index (χ4n) is 1.84. The highest BCUT2D eigenvalue weighted by molar-refractivity contribution is 8.04. The molecule has 0 radical (unpaired) electrons. The first-order valence-corrected chi connectivity index (χ1v) is 7.30. The Morgan fingerprint density at radius 1 is 1.37 bits per heavy atom. The summed E-state index contributed by atoms with van der Waals surface area (Å²) in [5.74, 6) is 0.891. The number of ether oxygens (including phenoxy) is 1. The lowest BCUT2D eigenvalue weighted by atomic mass is 10.1. The van der Waals surface area contributed by atoms with Crippen molar-refractivity contribution in [3.05, 3.63) is 40.3 Å². The standard InChI is InChI=1S/C15H16O3S/c1-2-18-15(17)10-12-5-3-11(4-6-12)9-14-13(16)7-8-19-14/h3-6,9H,2,7-8,10H2,1H3/b14-9-. The van der Waals surface area contributed by atoms with Crippen molar-refractivity contribution in [2.24, 2.45) is 0 Å². The molecule has 0 saturated carbocycles. The van der Waals surface area contributed by atoms with Crippen LogP contribution >= 0.6 is 11.8 Å². The first kappa shape index (κ1) is 13.9. The number of rotatable bonds is 4. The van der Waals surface area contributed by atoms with Crippen LogP contribution in [0.4, 0.5) is 0 Å². The van der Waals surface area contributed by atoms with Gasteiger partial charge < -0.3 is 4.74 Å². The number of Topliss-reactive ketones (excluding diaryl/α,β-unsaturated/α-hetero) is 1. The number of allylic oxidation sites excluding steroid dienone is 1. The van der Waals surface area contributed by atoms with Crippen molar-refractivity contribution in [2.75, 3.05) is 12.4 Å². The Hall–Kier alpha value is -1.55. The van der Waals surface area contributed by atoms with Crippen molar-refractivity contribution in [1.82, 2.24) is 0 Å². The topological polar surface area (TPSA) is 43.4 Å². The predicted octanol–water partition coefficient (Wildman–Crippen LogP) is 2.84. The molecule has 1 aromatic carbocycles. The average molecular weight is 276 g/mol. The zero-order chi connectivity index (χ0) is 13.7. The smallest absolute Gasteiger partial charge is 0.310 e. The maximum atomic E-state index is 11.5. The minimum absolute atomic E-state index is 0.213. The zero-order valence-electron chi connectivity index (χ0n) is 10.8. The summed E-state index contributed by atoms with van der Waals surface area (Å²) in [6.45, 7) is 2.20. The maximum Gasteiger partial charge on any atom is 0.310 e. The highest BCUT2D eigenvalue weighted by atomic mass is 32.2. The Bertz CT molecular complexity index is 503. The third kappa shape index (κ3) is 3.96. The van der Waals surface area contributed by atoms with Crippen LogP contribution in [-0.4, -0.2) is 24.1 Å². The Morgan fingerprint density at radius 2 is 2.11 bits per heavy atom. The number of hydrogen-bond acceptors (Lipinski definition) is 4. The van der Waals surface area contributed by atoms with Gasteiger partial charge in [0.05, 0.1) is 17.9 Å². The second kappa shape index (κ2) is 6.57. The molecule has 1 fully saturated rings. The molecule has 0 unspecified atom stereocenters. The Balaban J connectivity index is 2.02. The van der Waals surface area contributed by atoms with E-state index in [0.29, 0.717) is 19.4 Å². The summed E-state index contributed by atoms with van der Waals surface area (Å²) >= 11 is 1.60. The minimum atomic E-state index is -0.213. The second-order valence-electron chi connectivity index (χ2n) is 4.25. The van der Waals surface area contributed by atoms with E-state index in [1.54, 1.807) is 18.7 Å². The molecule has 0 bridgehead atoms. The molecular weight excluding hydrogens is 260 g/mol. The Morgan fingerprint density at radius 3 is 2.68 bits per heavy atom.